The van der Waals surface area contributed by atoms with Gasteiger partial charge in [0.1, 0.15) is 0 Å². The minimum Gasteiger partial charge on any atom is -0.388 e. The van der Waals surface area contributed by atoms with E-state index in [1.54, 1.807) is 0 Å². The van der Waals surface area contributed by atoms with Crippen LogP contribution in [0.5, 0.6) is 0 Å². The zero-order valence-corrected chi connectivity index (χ0v) is 13.7. The van der Waals surface area contributed by atoms with Crippen LogP contribution in [-0.4, -0.2) is 22.5 Å². The van der Waals surface area contributed by atoms with Gasteiger partial charge in [0.2, 0.25) is 0 Å². The summed E-state index contributed by atoms with van der Waals surface area (Å²) in [5.74, 6) is 0.0928. The van der Waals surface area contributed by atoms with Crippen LogP contribution in [0.3, 0.4) is 0 Å². The number of carbonyl (C=O) groups excluding carboxylic acids is 1. The molecule has 0 radical (unpaired) electrons. The lowest BCUT2D eigenvalue weighted by Gasteiger charge is -2.30. The van der Waals surface area contributed by atoms with Gasteiger partial charge in [-0.05, 0) is 48.1 Å². The van der Waals surface area contributed by atoms with Gasteiger partial charge >= 0.3 is 0 Å². The number of nitrogens with zero attached hydrogens (tertiary/aromatic N) is 1. The van der Waals surface area contributed by atoms with Crippen LogP contribution < -0.4 is 0 Å². The molecule has 0 spiro atoms. The first-order chi connectivity index (χ1) is 11.1. The molecule has 3 heteroatoms. The molecule has 23 heavy (non-hydrogen) atoms. The standard InChI is InChI=1S/C20H23NO2/c1-3-19(22)16-9-8-15-10-11-21(13-17(15)12-16)20(23)18-7-5-4-6-14(18)2/h4-9,12,19,22H,3,10-11,13H2,1-2H3. The maximum absolute atomic E-state index is 12.8. The molecule has 1 amide bonds. The Bertz CT molecular complexity index is 723. The van der Waals surface area contributed by atoms with Crippen LogP contribution in [0.15, 0.2) is 42.5 Å². The Morgan fingerprint density at radius 3 is 2.74 bits per heavy atom. The van der Waals surface area contributed by atoms with Crippen LogP contribution >= 0.6 is 0 Å². The fourth-order valence-corrected chi connectivity index (χ4v) is 3.18. The predicted molar refractivity (Wildman–Crippen MR) is 91.3 cm³/mol. The van der Waals surface area contributed by atoms with Crippen molar-refractivity contribution >= 4 is 5.91 Å². The third-order valence-electron chi connectivity index (χ3n) is 4.68. The van der Waals surface area contributed by atoms with E-state index in [2.05, 4.69) is 12.1 Å². The van der Waals surface area contributed by atoms with Gasteiger partial charge in [-0.1, -0.05) is 43.3 Å². The van der Waals surface area contributed by atoms with E-state index in [-0.39, 0.29) is 5.91 Å². The summed E-state index contributed by atoms with van der Waals surface area (Å²) < 4.78 is 0. The number of carbonyl (C=O) groups is 1. The maximum atomic E-state index is 12.8. The second-order valence-electron chi connectivity index (χ2n) is 6.24. The molecule has 1 N–H and O–H groups in total. The first-order valence-corrected chi connectivity index (χ1v) is 8.24. The van der Waals surface area contributed by atoms with Crippen molar-refractivity contribution < 1.29 is 9.90 Å². The Morgan fingerprint density at radius 2 is 2.00 bits per heavy atom. The van der Waals surface area contributed by atoms with Gasteiger partial charge in [0.25, 0.3) is 5.91 Å². The predicted octanol–water partition coefficient (Wildman–Crippen LogP) is 3.64. The molecule has 1 atom stereocenters. The summed E-state index contributed by atoms with van der Waals surface area (Å²) in [6.07, 6.45) is 1.14. The van der Waals surface area contributed by atoms with E-state index in [1.165, 1.54) is 5.56 Å². The van der Waals surface area contributed by atoms with E-state index in [0.717, 1.165) is 35.2 Å². The third kappa shape index (κ3) is 3.15. The molecule has 2 aromatic carbocycles. The Kier molecular flexibility index (Phi) is 4.49. The number of aryl methyl sites for hydroxylation is 1. The van der Waals surface area contributed by atoms with E-state index in [1.807, 2.05) is 49.1 Å². The van der Waals surface area contributed by atoms with Crippen LogP contribution in [0.4, 0.5) is 0 Å². The molecule has 3 rings (SSSR count). The molecule has 120 valence electrons. The second-order valence-corrected chi connectivity index (χ2v) is 6.24. The van der Waals surface area contributed by atoms with E-state index < -0.39 is 6.10 Å². The van der Waals surface area contributed by atoms with Crippen LogP contribution in [0.25, 0.3) is 0 Å². The zero-order chi connectivity index (χ0) is 16.4. The quantitative estimate of drug-likeness (QED) is 0.940. The fraction of sp³-hybridized carbons (Fsp3) is 0.350. The summed E-state index contributed by atoms with van der Waals surface area (Å²) in [7, 11) is 0. The third-order valence-corrected chi connectivity index (χ3v) is 4.68. The summed E-state index contributed by atoms with van der Waals surface area (Å²) in [5, 5.41) is 10.0. The van der Waals surface area contributed by atoms with Crippen molar-refractivity contribution in [3.8, 4) is 0 Å². The molecule has 1 aliphatic rings. The smallest absolute Gasteiger partial charge is 0.254 e. The number of rotatable bonds is 3. The lowest BCUT2D eigenvalue weighted by molar-refractivity contribution is 0.0734. The molecular formula is C20H23NO2. The summed E-state index contributed by atoms with van der Waals surface area (Å²) in [4.78, 5) is 14.7. The van der Waals surface area contributed by atoms with Crippen molar-refractivity contribution in [2.75, 3.05) is 6.54 Å². The van der Waals surface area contributed by atoms with Gasteiger partial charge in [0.15, 0.2) is 0 Å². The van der Waals surface area contributed by atoms with Crippen molar-refractivity contribution in [3.05, 3.63) is 70.3 Å². The molecule has 0 fully saturated rings. The minimum absolute atomic E-state index is 0.0928. The van der Waals surface area contributed by atoms with Crippen molar-refractivity contribution in [1.29, 1.82) is 0 Å². The highest BCUT2D eigenvalue weighted by atomic mass is 16.3. The highest BCUT2D eigenvalue weighted by Gasteiger charge is 2.23. The Hall–Kier alpha value is -2.13. The molecule has 0 bridgehead atoms. The molecule has 0 saturated carbocycles. The molecule has 0 aliphatic carbocycles. The summed E-state index contributed by atoms with van der Waals surface area (Å²) in [6.45, 7) is 5.31. The monoisotopic (exact) mass is 309 g/mol. The summed E-state index contributed by atoms with van der Waals surface area (Å²) in [5.41, 5.74) is 5.17. The van der Waals surface area contributed by atoms with E-state index in [4.69, 9.17) is 0 Å². The Labute approximate surface area is 137 Å². The largest absolute Gasteiger partial charge is 0.388 e. The molecule has 1 unspecified atom stereocenters. The van der Waals surface area contributed by atoms with Gasteiger partial charge in [-0.3, -0.25) is 4.79 Å². The normalized spacial score (nSPS) is 15.2. The number of hydrogen-bond acceptors (Lipinski definition) is 2. The van der Waals surface area contributed by atoms with Crippen molar-refractivity contribution in [1.82, 2.24) is 4.90 Å². The van der Waals surface area contributed by atoms with Gasteiger partial charge < -0.3 is 10.0 Å². The molecule has 2 aromatic rings. The Morgan fingerprint density at radius 1 is 1.22 bits per heavy atom. The minimum atomic E-state index is -0.428. The number of aliphatic hydroxyl groups is 1. The summed E-state index contributed by atoms with van der Waals surface area (Å²) in [6, 6.07) is 13.9. The average Bonchev–Trinajstić information content (AvgIpc) is 2.60. The molecule has 1 heterocycles. The number of benzene rings is 2. The van der Waals surface area contributed by atoms with Crippen molar-refractivity contribution in [3.63, 3.8) is 0 Å². The average molecular weight is 309 g/mol. The molecule has 1 aliphatic heterocycles. The van der Waals surface area contributed by atoms with E-state index >= 15 is 0 Å². The van der Waals surface area contributed by atoms with Crippen LogP contribution in [-0.2, 0) is 13.0 Å². The first-order valence-electron chi connectivity index (χ1n) is 8.24. The fourth-order valence-electron chi connectivity index (χ4n) is 3.18. The van der Waals surface area contributed by atoms with Gasteiger partial charge in [0.05, 0.1) is 6.10 Å². The van der Waals surface area contributed by atoms with Crippen LogP contribution in [0.2, 0.25) is 0 Å². The van der Waals surface area contributed by atoms with Gasteiger partial charge in [-0.15, -0.1) is 0 Å². The van der Waals surface area contributed by atoms with Gasteiger partial charge in [-0.2, -0.15) is 0 Å². The lowest BCUT2D eigenvalue weighted by Crippen LogP contribution is -2.36. The Balaban J connectivity index is 1.84. The SMILES string of the molecule is CCC(O)c1ccc2c(c1)CN(C(=O)c1ccccc1C)CC2. The van der Waals surface area contributed by atoms with Crippen LogP contribution in [0, 0.1) is 6.92 Å². The summed E-state index contributed by atoms with van der Waals surface area (Å²) >= 11 is 0. The van der Waals surface area contributed by atoms with Crippen molar-refractivity contribution in [2.24, 2.45) is 0 Å². The number of fused-ring (bicyclic) bond motifs is 1. The number of aliphatic hydroxyl groups excluding tert-OH is 1. The van der Waals surface area contributed by atoms with Crippen LogP contribution in [0.1, 0.15) is 52.1 Å². The highest BCUT2D eigenvalue weighted by Crippen LogP contribution is 2.26. The first kappa shape index (κ1) is 15.8. The van der Waals surface area contributed by atoms with Gasteiger partial charge in [-0.25, -0.2) is 0 Å². The molecule has 0 saturated heterocycles. The van der Waals surface area contributed by atoms with Gasteiger partial charge in [0, 0.05) is 18.7 Å². The highest BCUT2D eigenvalue weighted by molar-refractivity contribution is 5.95. The number of amides is 1. The second kappa shape index (κ2) is 6.55. The lowest BCUT2D eigenvalue weighted by atomic mass is 9.94. The van der Waals surface area contributed by atoms with E-state index in [0.29, 0.717) is 13.0 Å². The van der Waals surface area contributed by atoms with Crippen molar-refractivity contribution in [2.45, 2.75) is 39.3 Å². The molecule has 3 nitrogen and oxygen atoms in total. The molecule has 0 aromatic heterocycles. The number of hydrogen-bond donors (Lipinski definition) is 1. The zero-order valence-electron chi connectivity index (χ0n) is 13.7. The molecular weight excluding hydrogens is 286 g/mol. The maximum Gasteiger partial charge on any atom is 0.254 e. The topological polar surface area (TPSA) is 40.5 Å². The van der Waals surface area contributed by atoms with E-state index in [9.17, 15) is 9.90 Å².